The third-order valence-corrected chi connectivity index (χ3v) is 3.55. The molecule has 2 aromatic rings. The number of nitrogens with one attached hydrogen (secondary N) is 1. The van der Waals surface area contributed by atoms with Gasteiger partial charge in [0.1, 0.15) is 5.56 Å². The number of hydrogen-bond donors (Lipinski definition) is 3. The number of carboxylic acid groups (broad SMARTS) is 1. The number of nitrogens with zero attached hydrogens (tertiary/aromatic N) is 1. The van der Waals surface area contributed by atoms with Crippen LogP contribution in [-0.2, 0) is 10.0 Å². The molecule has 0 fully saturated rings. The number of carbonyl (C=O) groups is 1. The molecule has 110 valence electrons. The molecule has 4 N–H and O–H groups in total. The van der Waals surface area contributed by atoms with Gasteiger partial charge in [0.25, 0.3) is 10.0 Å². The second-order valence-corrected chi connectivity index (χ2v) is 5.86. The summed E-state index contributed by atoms with van der Waals surface area (Å²) in [6, 6.07) is 8.57. The molecule has 7 nitrogen and oxygen atoms in total. The SMILES string of the molecule is Cc1cccc(Nc2ccnc(S(N)(=O)=O)c2C(=O)O)c1. The van der Waals surface area contributed by atoms with Gasteiger partial charge in [-0.1, -0.05) is 12.1 Å². The number of aromatic carboxylic acids is 1. The van der Waals surface area contributed by atoms with Crippen LogP contribution in [0.15, 0.2) is 41.6 Å². The van der Waals surface area contributed by atoms with Crippen LogP contribution in [0.4, 0.5) is 11.4 Å². The highest BCUT2D eigenvalue weighted by molar-refractivity contribution is 7.89. The van der Waals surface area contributed by atoms with Crippen molar-refractivity contribution in [1.29, 1.82) is 0 Å². The van der Waals surface area contributed by atoms with E-state index in [0.717, 1.165) is 5.56 Å². The van der Waals surface area contributed by atoms with Gasteiger partial charge in [0, 0.05) is 11.9 Å². The summed E-state index contributed by atoms with van der Waals surface area (Å²) in [5.74, 6) is -1.43. The van der Waals surface area contributed by atoms with Crippen molar-refractivity contribution in [1.82, 2.24) is 4.98 Å². The van der Waals surface area contributed by atoms with Crippen LogP contribution < -0.4 is 10.5 Å². The van der Waals surface area contributed by atoms with Crippen LogP contribution in [0.2, 0.25) is 0 Å². The van der Waals surface area contributed by atoms with Gasteiger partial charge in [-0.3, -0.25) is 0 Å². The Bertz CT molecular complexity index is 803. The predicted molar refractivity (Wildman–Crippen MR) is 77.0 cm³/mol. The van der Waals surface area contributed by atoms with E-state index in [-0.39, 0.29) is 5.69 Å². The monoisotopic (exact) mass is 307 g/mol. The second-order valence-electron chi connectivity index (χ2n) is 4.38. The van der Waals surface area contributed by atoms with Gasteiger partial charge in [-0.2, -0.15) is 0 Å². The lowest BCUT2D eigenvalue weighted by atomic mass is 10.2. The lowest BCUT2D eigenvalue weighted by molar-refractivity contribution is 0.0693. The number of nitrogens with two attached hydrogens (primary N) is 1. The molecule has 0 saturated carbocycles. The fourth-order valence-electron chi connectivity index (χ4n) is 1.85. The number of aromatic nitrogens is 1. The van der Waals surface area contributed by atoms with E-state index < -0.39 is 26.6 Å². The second kappa shape index (κ2) is 5.51. The van der Waals surface area contributed by atoms with Gasteiger partial charge in [-0.25, -0.2) is 23.3 Å². The largest absolute Gasteiger partial charge is 0.478 e. The summed E-state index contributed by atoms with van der Waals surface area (Å²) in [7, 11) is -4.23. The molecule has 1 aromatic carbocycles. The fraction of sp³-hybridized carbons (Fsp3) is 0.0769. The van der Waals surface area contributed by atoms with Crippen molar-refractivity contribution in [2.75, 3.05) is 5.32 Å². The third kappa shape index (κ3) is 3.36. The van der Waals surface area contributed by atoms with E-state index in [1.807, 2.05) is 13.0 Å². The van der Waals surface area contributed by atoms with Gasteiger partial charge in [0.05, 0.1) is 5.69 Å². The first kappa shape index (κ1) is 14.9. The van der Waals surface area contributed by atoms with E-state index in [1.165, 1.54) is 12.3 Å². The van der Waals surface area contributed by atoms with Gasteiger partial charge in [-0.05, 0) is 30.7 Å². The number of rotatable bonds is 4. The summed E-state index contributed by atoms with van der Waals surface area (Å²) in [6.45, 7) is 1.88. The van der Waals surface area contributed by atoms with E-state index in [2.05, 4.69) is 10.3 Å². The smallest absolute Gasteiger partial charge is 0.340 e. The maximum atomic E-state index is 11.4. The van der Waals surface area contributed by atoms with E-state index >= 15 is 0 Å². The first-order valence-corrected chi connectivity index (χ1v) is 7.42. The first-order valence-electron chi connectivity index (χ1n) is 5.88. The molecule has 0 bridgehead atoms. The van der Waals surface area contributed by atoms with Crippen molar-refractivity contribution in [2.24, 2.45) is 5.14 Å². The first-order chi connectivity index (χ1) is 9.79. The van der Waals surface area contributed by atoms with Gasteiger partial charge in [0.2, 0.25) is 0 Å². The Balaban J connectivity index is 2.57. The highest BCUT2D eigenvalue weighted by Gasteiger charge is 2.24. The third-order valence-electron chi connectivity index (χ3n) is 2.70. The minimum atomic E-state index is -4.23. The molecule has 0 spiro atoms. The molecule has 0 aliphatic carbocycles. The Labute approximate surface area is 121 Å². The minimum Gasteiger partial charge on any atom is -0.478 e. The quantitative estimate of drug-likeness (QED) is 0.786. The Morgan fingerprint density at radius 1 is 1.33 bits per heavy atom. The van der Waals surface area contributed by atoms with Crippen molar-refractivity contribution >= 4 is 27.4 Å². The normalized spacial score (nSPS) is 11.1. The highest BCUT2D eigenvalue weighted by atomic mass is 32.2. The van der Waals surface area contributed by atoms with Crippen molar-refractivity contribution in [3.8, 4) is 0 Å². The van der Waals surface area contributed by atoms with Crippen molar-refractivity contribution in [2.45, 2.75) is 11.9 Å². The zero-order valence-corrected chi connectivity index (χ0v) is 11.9. The molecule has 0 amide bonds. The lowest BCUT2D eigenvalue weighted by Gasteiger charge is -2.12. The molecule has 1 heterocycles. The zero-order chi connectivity index (χ0) is 15.6. The van der Waals surface area contributed by atoms with E-state index in [9.17, 15) is 18.3 Å². The van der Waals surface area contributed by atoms with Crippen LogP contribution in [0.25, 0.3) is 0 Å². The summed E-state index contributed by atoms with van der Waals surface area (Å²) in [5.41, 5.74) is 1.22. The van der Waals surface area contributed by atoms with E-state index in [0.29, 0.717) is 5.69 Å². The molecule has 0 atom stereocenters. The molecule has 0 radical (unpaired) electrons. The van der Waals surface area contributed by atoms with Crippen LogP contribution >= 0.6 is 0 Å². The summed E-state index contributed by atoms with van der Waals surface area (Å²) in [4.78, 5) is 14.9. The molecule has 8 heteroatoms. The van der Waals surface area contributed by atoms with E-state index in [1.54, 1.807) is 18.2 Å². The maximum absolute atomic E-state index is 11.4. The van der Waals surface area contributed by atoms with Crippen LogP contribution in [0, 0.1) is 6.92 Å². The van der Waals surface area contributed by atoms with Crippen LogP contribution in [-0.4, -0.2) is 24.5 Å². The number of aryl methyl sites for hydroxylation is 1. The van der Waals surface area contributed by atoms with E-state index in [4.69, 9.17) is 5.14 Å². The molecule has 0 aliphatic rings. The number of anilines is 2. The van der Waals surface area contributed by atoms with Gasteiger partial charge >= 0.3 is 5.97 Å². The Hall–Kier alpha value is -2.45. The molecule has 1 aromatic heterocycles. The Morgan fingerprint density at radius 3 is 2.62 bits per heavy atom. The minimum absolute atomic E-state index is 0.104. The van der Waals surface area contributed by atoms with Crippen molar-refractivity contribution < 1.29 is 18.3 Å². The Morgan fingerprint density at radius 2 is 2.05 bits per heavy atom. The van der Waals surface area contributed by atoms with Crippen molar-refractivity contribution in [3.63, 3.8) is 0 Å². The number of carboxylic acids is 1. The standard InChI is InChI=1S/C13H13N3O4S/c1-8-3-2-4-9(7-8)16-10-5-6-15-12(21(14,19)20)11(10)13(17)18/h2-7H,1H3,(H,15,16)(H,17,18)(H2,14,19,20). The maximum Gasteiger partial charge on any atom is 0.340 e. The highest BCUT2D eigenvalue weighted by Crippen LogP contribution is 2.25. The van der Waals surface area contributed by atoms with Crippen LogP contribution in [0.3, 0.4) is 0 Å². The van der Waals surface area contributed by atoms with Gasteiger partial charge < -0.3 is 10.4 Å². The molecule has 0 aliphatic heterocycles. The predicted octanol–water partition coefficient (Wildman–Crippen LogP) is 1.48. The lowest BCUT2D eigenvalue weighted by Crippen LogP contribution is -2.19. The summed E-state index contributed by atoms with van der Waals surface area (Å²) >= 11 is 0. The molecular weight excluding hydrogens is 294 g/mol. The van der Waals surface area contributed by atoms with Crippen molar-refractivity contribution in [3.05, 3.63) is 47.7 Å². The number of sulfonamides is 1. The Kier molecular flexibility index (Phi) is 3.92. The molecule has 21 heavy (non-hydrogen) atoms. The van der Waals surface area contributed by atoms with Gasteiger partial charge in [0.15, 0.2) is 5.03 Å². The molecule has 0 saturated heterocycles. The summed E-state index contributed by atoms with van der Waals surface area (Å²) < 4.78 is 22.9. The molecular formula is C13H13N3O4S. The number of hydrogen-bond acceptors (Lipinski definition) is 5. The molecule has 2 rings (SSSR count). The summed E-state index contributed by atoms with van der Waals surface area (Å²) in [5, 5.41) is 16.4. The number of pyridine rings is 1. The fourth-order valence-corrected chi connectivity index (χ4v) is 2.54. The van der Waals surface area contributed by atoms with Gasteiger partial charge in [-0.15, -0.1) is 0 Å². The van der Waals surface area contributed by atoms with Crippen LogP contribution in [0.5, 0.6) is 0 Å². The number of primary sulfonamides is 1. The van der Waals surface area contributed by atoms with Crippen LogP contribution in [0.1, 0.15) is 15.9 Å². The average Bonchev–Trinajstić information content (AvgIpc) is 2.37. The zero-order valence-electron chi connectivity index (χ0n) is 11.1. The molecule has 0 unspecified atom stereocenters. The number of benzene rings is 1. The summed E-state index contributed by atoms with van der Waals surface area (Å²) in [6.07, 6.45) is 1.18. The average molecular weight is 307 g/mol. The topological polar surface area (TPSA) is 122 Å².